The molecule has 2 saturated heterocycles. The Hall–Kier alpha value is -3.90. The molecule has 2 heterocycles. The third-order valence-electron chi connectivity index (χ3n) is 5.91. The van der Waals surface area contributed by atoms with Crippen molar-refractivity contribution in [1.82, 2.24) is 0 Å². The summed E-state index contributed by atoms with van der Waals surface area (Å²) in [4.78, 5) is 25.5. The topological polar surface area (TPSA) is 148 Å². The van der Waals surface area contributed by atoms with Gasteiger partial charge in [0.2, 0.25) is 11.5 Å². The van der Waals surface area contributed by atoms with Gasteiger partial charge in [-0.15, -0.1) is 0 Å². The van der Waals surface area contributed by atoms with Crippen LogP contribution in [0.3, 0.4) is 0 Å². The van der Waals surface area contributed by atoms with Crippen LogP contribution in [0.4, 0.5) is 0 Å². The molecule has 2 aliphatic heterocycles. The first-order valence-electron chi connectivity index (χ1n) is 10.9. The summed E-state index contributed by atoms with van der Waals surface area (Å²) < 4.78 is 42.9. The lowest BCUT2D eigenvalue weighted by molar-refractivity contribution is -0.0287. The molecule has 0 amide bonds. The molecule has 36 heavy (non-hydrogen) atoms. The third kappa shape index (κ3) is 4.64. The van der Waals surface area contributed by atoms with Crippen molar-refractivity contribution in [2.45, 2.75) is 24.4 Å². The SMILES string of the molecule is COc1cc(C(=O)O[C@@H]2COC3C2OC[C@H]3OC(=O)c2cc(OC)c(O)c(OC)c2)cc(OC)c1O. The molecule has 12 nitrogen and oxygen atoms in total. The second-order valence-electron chi connectivity index (χ2n) is 7.94. The van der Waals surface area contributed by atoms with Gasteiger partial charge in [0.1, 0.15) is 12.2 Å². The van der Waals surface area contributed by atoms with Gasteiger partial charge in [-0.2, -0.15) is 0 Å². The molecular formula is C24H26O12. The zero-order chi connectivity index (χ0) is 26.0. The molecule has 2 aliphatic rings. The normalized spacial score (nSPS) is 22.4. The lowest BCUT2D eigenvalue weighted by Gasteiger charge is -2.18. The summed E-state index contributed by atoms with van der Waals surface area (Å²) in [7, 11) is 5.38. The number of hydrogen-bond acceptors (Lipinski definition) is 12. The summed E-state index contributed by atoms with van der Waals surface area (Å²) in [5.74, 6) is -1.69. The van der Waals surface area contributed by atoms with Crippen LogP contribution in [0.1, 0.15) is 20.7 Å². The van der Waals surface area contributed by atoms with Gasteiger partial charge in [-0.3, -0.25) is 0 Å². The molecule has 4 atom stereocenters. The Bertz CT molecular complexity index is 1010. The maximum absolute atomic E-state index is 12.8. The highest BCUT2D eigenvalue weighted by Crippen LogP contribution is 2.39. The number of hydrogen-bond donors (Lipinski definition) is 2. The molecule has 2 aromatic carbocycles. The standard InChI is InChI=1S/C24H26O12/c1-29-13-5-11(6-14(30-2)19(13)25)23(27)35-17-9-33-22-18(10-34-21(17)22)36-24(28)12-7-15(31-3)20(26)16(8-12)32-4/h5-8,17-18,21-22,25-26H,9-10H2,1-4H3/t17-,18-,21?,22?/m1/s1. The minimum Gasteiger partial charge on any atom is -0.502 e. The molecule has 4 rings (SSSR count). The first kappa shape index (κ1) is 25.2. The molecular weight excluding hydrogens is 480 g/mol. The molecule has 12 heteroatoms. The molecule has 0 bridgehead atoms. The Balaban J connectivity index is 1.42. The number of ether oxygens (including phenoxy) is 8. The van der Waals surface area contributed by atoms with E-state index in [1.807, 2.05) is 0 Å². The van der Waals surface area contributed by atoms with E-state index >= 15 is 0 Å². The summed E-state index contributed by atoms with van der Waals surface area (Å²) in [6.45, 7) is 0.0602. The summed E-state index contributed by atoms with van der Waals surface area (Å²) >= 11 is 0. The first-order chi connectivity index (χ1) is 17.3. The highest BCUT2D eigenvalue weighted by molar-refractivity contribution is 5.92. The Labute approximate surface area is 206 Å². The van der Waals surface area contributed by atoms with E-state index in [2.05, 4.69) is 0 Å². The minimum absolute atomic E-state index is 0.0301. The van der Waals surface area contributed by atoms with Gasteiger partial charge >= 0.3 is 11.9 Å². The van der Waals surface area contributed by atoms with Crippen LogP contribution < -0.4 is 18.9 Å². The van der Waals surface area contributed by atoms with Crippen LogP contribution in [-0.2, 0) is 18.9 Å². The zero-order valence-electron chi connectivity index (χ0n) is 20.0. The van der Waals surface area contributed by atoms with Crippen LogP contribution in [0.25, 0.3) is 0 Å². The molecule has 194 valence electrons. The average Bonchev–Trinajstić information content (AvgIpc) is 3.47. The van der Waals surface area contributed by atoms with E-state index < -0.39 is 36.4 Å². The van der Waals surface area contributed by atoms with E-state index in [0.717, 1.165) is 0 Å². The van der Waals surface area contributed by atoms with Gasteiger partial charge in [0.15, 0.2) is 35.2 Å². The van der Waals surface area contributed by atoms with E-state index in [-0.39, 0.29) is 58.8 Å². The van der Waals surface area contributed by atoms with Crippen molar-refractivity contribution in [2.24, 2.45) is 0 Å². The number of phenols is 2. The molecule has 0 radical (unpaired) electrons. The van der Waals surface area contributed by atoms with Gasteiger partial charge in [-0.25, -0.2) is 9.59 Å². The van der Waals surface area contributed by atoms with Gasteiger partial charge in [-0.1, -0.05) is 0 Å². The largest absolute Gasteiger partial charge is 0.502 e. The van der Waals surface area contributed by atoms with E-state index in [1.165, 1.54) is 52.7 Å². The van der Waals surface area contributed by atoms with Crippen LogP contribution in [0, 0.1) is 0 Å². The molecule has 0 aliphatic carbocycles. The van der Waals surface area contributed by atoms with E-state index in [1.54, 1.807) is 0 Å². The molecule has 0 aromatic heterocycles. The highest BCUT2D eigenvalue weighted by atomic mass is 16.7. The van der Waals surface area contributed by atoms with Gasteiger partial charge < -0.3 is 48.1 Å². The third-order valence-corrected chi connectivity index (χ3v) is 5.91. The fourth-order valence-electron chi connectivity index (χ4n) is 4.06. The molecule has 2 N–H and O–H groups in total. The van der Waals surface area contributed by atoms with Gasteiger partial charge in [0.05, 0.1) is 52.8 Å². The van der Waals surface area contributed by atoms with Crippen LogP contribution in [0.5, 0.6) is 34.5 Å². The number of carbonyl (C=O) groups is 2. The van der Waals surface area contributed by atoms with Crippen molar-refractivity contribution < 1.29 is 57.7 Å². The lowest BCUT2D eigenvalue weighted by Crippen LogP contribution is -2.36. The Kier molecular flexibility index (Phi) is 7.27. The van der Waals surface area contributed by atoms with E-state index in [4.69, 9.17) is 37.9 Å². The Morgan fingerprint density at radius 2 is 0.972 bits per heavy atom. The van der Waals surface area contributed by atoms with Crippen LogP contribution >= 0.6 is 0 Å². The molecule has 0 saturated carbocycles. The van der Waals surface area contributed by atoms with Crippen LogP contribution in [0.2, 0.25) is 0 Å². The second kappa shape index (κ2) is 10.4. The predicted octanol–water partition coefficient (Wildman–Crippen LogP) is 1.68. The quantitative estimate of drug-likeness (QED) is 0.502. The van der Waals surface area contributed by atoms with Gasteiger partial charge in [0, 0.05) is 0 Å². The Morgan fingerprint density at radius 3 is 1.25 bits per heavy atom. The monoisotopic (exact) mass is 506 g/mol. The number of rotatable bonds is 8. The van der Waals surface area contributed by atoms with Crippen LogP contribution in [-0.4, -0.2) is 88.2 Å². The number of aromatic hydroxyl groups is 2. The number of phenolic OH excluding ortho intramolecular Hbond substituents is 2. The van der Waals surface area contributed by atoms with Crippen molar-refractivity contribution in [2.75, 3.05) is 41.7 Å². The summed E-state index contributed by atoms with van der Waals surface area (Å²) in [6, 6.07) is 5.31. The summed E-state index contributed by atoms with van der Waals surface area (Å²) in [6.07, 6.45) is -2.83. The number of esters is 2. The van der Waals surface area contributed by atoms with Gasteiger partial charge in [-0.05, 0) is 24.3 Å². The molecule has 2 aromatic rings. The van der Waals surface area contributed by atoms with Gasteiger partial charge in [0.25, 0.3) is 0 Å². The minimum atomic E-state index is -0.758. The van der Waals surface area contributed by atoms with Crippen molar-refractivity contribution in [1.29, 1.82) is 0 Å². The fraction of sp³-hybridized carbons (Fsp3) is 0.417. The first-order valence-corrected chi connectivity index (χ1v) is 10.9. The maximum Gasteiger partial charge on any atom is 0.338 e. The highest BCUT2D eigenvalue weighted by Gasteiger charge is 2.51. The molecule has 0 spiro atoms. The number of benzene rings is 2. The number of methoxy groups -OCH3 is 4. The lowest BCUT2D eigenvalue weighted by atomic mass is 10.1. The van der Waals surface area contributed by atoms with E-state index in [9.17, 15) is 19.8 Å². The zero-order valence-corrected chi connectivity index (χ0v) is 20.0. The van der Waals surface area contributed by atoms with Crippen molar-refractivity contribution in [3.8, 4) is 34.5 Å². The average molecular weight is 506 g/mol. The van der Waals surface area contributed by atoms with Crippen molar-refractivity contribution in [3.05, 3.63) is 35.4 Å². The summed E-state index contributed by atoms with van der Waals surface area (Å²) in [5.41, 5.74) is 0.197. The molecule has 2 unspecified atom stereocenters. The second-order valence-corrected chi connectivity index (χ2v) is 7.94. The Morgan fingerprint density at radius 1 is 0.667 bits per heavy atom. The van der Waals surface area contributed by atoms with Crippen molar-refractivity contribution in [3.63, 3.8) is 0 Å². The smallest absolute Gasteiger partial charge is 0.338 e. The number of fused-ring (bicyclic) bond motifs is 1. The predicted molar refractivity (Wildman–Crippen MR) is 120 cm³/mol. The van der Waals surface area contributed by atoms with E-state index in [0.29, 0.717) is 0 Å². The molecule has 2 fully saturated rings. The van der Waals surface area contributed by atoms with Crippen molar-refractivity contribution >= 4 is 11.9 Å². The fourth-order valence-corrected chi connectivity index (χ4v) is 4.06. The van der Waals surface area contributed by atoms with Crippen LogP contribution in [0.15, 0.2) is 24.3 Å². The maximum atomic E-state index is 12.8. The summed E-state index contributed by atoms with van der Waals surface area (Å²) in [5, 5.41) is 20.1. The number of carbonyl (C=O) groups excluding carboxylic acids is 2.